The Kier molecular flexibility index (Phi) is 4.41. The Bertz CT molecular complexity index is 917. The maximum atomic E-state index is 7.17. The molecule has 0 amide bonds. The van der Waals surface area contributed by atoms with Crippen molar-refractivity contribution in [1.29, 1.82) is 5.41 Å². The molecule has 6 aliphatic rings. The number of benzene rings is 1. The molecule has 4 N–H and O–H groups in total. The second kappa shape index (κ2) is 7.09. The van der Waals surface area contributed by atoms with Crippen LogP contribution in [0, 0.1) is 34.5 Å². The van der Waals surface area contributed by atoms with Gasteiger partial charge in [-0.15, -0.1) is 0 Å². The van der Waals surface area contributed by atoms with Gasteiger partial charge in [-0.05, 0) is 85.8 Å². The van der Waals surface area contributed by atoms with E-state index in [0.29, 0.717) is 36.3 Å². The second-order valence-corrected chi connectivity index (χ2v) is 11.6. The van der Waals surface area contributed by atoms with E-state index in [1.165, 1.54) is 37.7 Å². The standard InChI is InChI=1S/C26H35N3O4/c27-23(28)29-9-10-30-22-3-1-16(2-4-22)17-5-7-25(8-6-17)31-26(33-32-25)20-12-18-11-19-13-21(26)15-24(18,19)14-20/h1-4,17-21H,5-15H2,(H4,27,28,29)/t17-,18?,19?,20?,21?,24?,25+,26?. The Balaban J connectivity index is 0.970. The number of fused-ring (bicyclic) bond motifs is 4. The molecule has 1 aromatic rings. The first kappa shape index (κ1) is 20.5. The van der Waals surface area contributed by atoms with E-state index >= 15 is 0 Å². The van der Waals surface area contributed by atoms with Gasteiger partial charge in [-0.1, -0.05) is 12.1 Å². The quantitative estimate of drug-likeness (QED) is 0.269. The molecule has 3 bridgehead atoms. The van der Waals surface area contributed by atoms with E-state index < -0.39 is 11.6 Å². The van der Waals surface area contributed by atoms with Crippen molar-refractivity contribution >= 4 is 5.96 Å². The van der Waals surface area contributed by atoms with Gasteiger partial charge >= 0.3 is 0 Å². The molecule has 1 aliphatic heterocycles. The van der Waals surface area contributed by atoms with Gasteiger partial charge in [0.25, 0.3) is 0 Å². The van der Waals surface area contributed by atoms with Crippen LogP contribution in [-0.2, 0) is 14.5 Å². The molecule has 6 fully saturated rings. The first-order chi connectivity index (χ1) is 16.0. The predicted octanol–water partition coefficient (Wildman–Crippen LogP) is 4.03. The minimum Gasteiger partial charge on any atom is -0.492 e. The summed E-state index contributed by atoms with van der Waals surface area (Å²) in [5.41, 5.74) is 7.29. The number of guanidine groups is 1. The van der Waals surface area contributed by atoms with Crippen LogP contribution in [0.25, 0.3) is 0 Å². The van der Waals surface area contributed by atoms with Crippen LogP contribution in [0.3, 0.4) is 0 Å². The number of nitrogens with two attached hydrogens (primary N) is 1. The Morgan fingerprint density at radius 2 is 1.67 bits per heavy atom. The van der Waals surface area contributed by atoms with E-state index in [2.05, 4.69) is 17.4 Å². The lowest BCUT2D eigenvalue weighted by molar-refractivity contribution is -0.374. The molecule has 7 heteroatoms. The highest BCUT2D eigenvalue weighted by molar-refractivity contribution is 5.74. The third kappa shape index (κ3) is 2.94. The summed E-state index contributed by atoms with van der Waals surface area (Å²) in [6, 6.07) is 8.42. The van der Waals surface area contributed by atoms with Crippen molar-refractivity contribution in [3.8, 4) is 5.75 Å². The third-order valence-corrected chi connectivity index (χ3v) is 10.2. The first-order valence-electron chi connectivity index (χ1n) is 12.9. The molecule has 0 aromatic heterocycles. The summed E-state index contributed by atoms with van der Waals surface area (Å²) in [5, 5.41) is 9.92. The Hall–Kier alpha value is -1.83. The highest BCUT2D eigenvalue weighted by atomic mass is 17.3. The van der Waals surface area contributed by atoms with Gasteiger partial charge in [0.05, 0.1) is 6.54 Å². The van der Waals surface area contributed by atoms with Crippen LogP contribution in [0.1, 0.15) is 69.3 Å². The number of rotatable bonds is 5. The van der Waals surface area contributed by atoms with Gasteiger partial charge in [-0.3, -0.25) is 5.41 Å². The normalized spacial score (nSPS) is 46.5. The third-order valence-electron chi connectivity index (χ3n) is 10.2. The molecular formula is C26H35N3O4. The topological polar surface area (TPSA) is 98.8 Å². The van der Waals surface area contributed by atoms with Crippen LogP contribution < -0.4 is 15.8 Å². The summed E-state index contributed by atoms with van der Waals surface area (Å²) >= 11 is 0. The minimum atomic E-state index is -0.543. The maximum Gasteiger partial charge on any atom is 0.210 e. The van der Waals surface area contributed by atoms with Crippen molar-refractivity contribution in [2.45, 2.75) is 75.3 Å². The molecule has 4 unspecified atom stereocenters. The number of nitrogens with one attached hydrogen (secondary N) is 2. The summed E-state index contributed by atoms with van der Waals surface area (Å²) in [7, 11) is 0. The molecule has 7 nitrogen and oxygen atoms in total. The van der Waals surface area contributed by atoms with Gasteiger partial charge in [-0.2, -0.15) is 9.78 Å². The lowest BCUT2D eigenvalue weighted by Gasteiger charge is -2.49. The number of hydrogen-bond acceptors (Lipinski definition) is 5. The van der Waals surface area contributed by atoms with Gasteiger partial charge < -0.3 is 20.5 Å². The highest BCUT2D eigenvalue weighted by Crippen LogP contribution is 2.79. The SMILES string of the molecule is N=C(N)NCCOc1ccc([C@H]2CC[C@]3(CC2)OO[C@]2(O3)C3CC4CC5CC2CC45C3)cc1. The lowest BCUT2D eigenvalue weighted by atomic mass is 9.56. The van der Waals surface area contributed by atoms with Crippen LogP contribution in [-0.4, -0.2) is 30.7 Å². The molecule has 7 rings (SSSR count). The zero-order valence-corrected chi connectivity index (χ0v) is 19.2. The van der Waals surface area contributed by atoms with Gasteiger partial charge in [0.1, 0.15) is 12.4 Å². The predicted molar refractivity (Wildman–Crippen MR) is 121 cm³/mol. The van der Waals surface area contributed by atoms with Gasteiger partial charge in [0.15, 0.2) is 5.96 Å². The molecule has 0 radical (unpaired) electrons. The zero-order valence-electron chi connectivity index (χ0n) is 19.2. The highest BCUT2D eigenvalue weighted by Gasteiger charge is 2.77. The molecule has 5 aliphatic carbocycles. The Morgan fingerprint density at radius 3 is 2.33 bits per heavy atom. The average Bonchev–Trinajstić information content (AvgIpc) is 3.40. The van der Waals surface area contributed by atoms with Gasteiger partial charge in [0.2, 0.25) is 11.6 Å². The molecule has 3 spiro atoms. The van der Waals surface area contributed by atoms with Crippen LogP contribution >= 0.6 is 0 Å². The fourth-order valence-electron chi connectivity index (χ4n) is 8.65. The van der Waals surface area contributed by atoms with Crippen LogP contribution in [0.5, 0.6) is 5.75 Å². The first-order valence-corrected chi connectivity index (χ1v) is 12.9. The van der Waals surface area contributed by atoms with Crippen molar-refractivity contribution in [2.24, 2.45) is 34.8 Å². The van der Waals surface area contributed by atoms with Crippen molar-refractivity contribution in [2.75, 3.05) is 13.2 Å². The van der Waals surface area contributed by atoms with Crippen molar-refractivity contribution in [3.05, 3.63) is 29.8 Å². The van der Waals surface area contributed by atoms with E-state index in [4.69, 9.17) is 30.4 Å². The minimum absolute atomic E-state index is 0.0322. The van der Waals surface area contributed by atoms with Crippen LogP contribution in [0.15, 0.2) is 24.3 Å². The summed E-state index contributed by atoms with van der Waals surface area (Å²) in [5.74, 6) is 3.23. The summed E-state index contributed by atoms with van der Waals surface area (Å²) < 4.78 is 12.7. The van der Waals surface area contributed by atoms with Crippen molar-refractivity contribution in [3.63, 3.8) is 0 Å². The molecule has 33 heavy (non-hydrogen) atoms. The Labute approximate surface area is 195 Å². The van der Waals surface area contributed by atoms with Crippen LogP contribution in [0.2, 0.25) is 0 Å². The lowest BCUT2D eigenvalue weighted by Crippen LogP contribution is -2.50. The van der Waals surface area contributed by atoms with Crippen LogP contribution in [0.4, 0.5) is 0 Å². The van der Waals surface area contributed by atoms with E-state index in [9.17, 15) is 0 Å². The van der Waals surface area contributed by atoms with Gasteiger partial charge in [-0.25, -0.2) is 0 Å². The molecule has 4 atom stereocenters. The summed E-state index contributed by atoms with van der Waals surface area (Å²) in [6.07, 6.45) is 10.5. The molecule has 1 aromatic carbocycles. The zero-order chi connectivity index (χ0) is 22.3. The summed E-state index contributed by atoms with van der Waals surface area (Å²) in [4.78, 5) is 12.4. The van der Waals surface area contributed by atoms with Crippen molar-refractivity contribution < 1.29 is 19.2 Å². The molecule has 5 saturated carbocycles. The number of ether oxygens (including phenoxy) is 2. The second-order valence-electron chi connectivity index (χ2n) is 11.6. The molecule has 1 saturated heterocycles. The Morgan fingerprint density at radius 1 is 1.00 bits per heavy atom. The van der Waals surface area contributed by atoms with Gasteiger partial charge in [0, 0.05) is 24.7 Å². The number of hydrogen-bond donors (Lipinski definition) is 3. The van der Waals surface area contributed by atoms with E-state index in [1.54, 1.807) is 0 Å². The molecular weight excluding hydrogens is 418 g/mol. The largest absolute Gasteiger partial charge is 0.492 e. The monoisotopic (exact) mass is 453 g/mol. The maximum absolute atomic E-state index is 7.17. The van der Waals surface area contributed by atoms with E-state index in [0.717, 1.165) is 43.3 Å². The van der Waals surface area contributed by atoms with E-state index in [-0.39, 0.29) is 5.96 Å². The van der Waals surface area contributed by atoms with Crippen molar-refractivity contribution in [1.82, 2.24) is 5.32 Å². The fraction of sp³-hybridized carbons (Fsp3) is 0.731. The van der Waals surface area contributed by atoms with E-state index in [1.807, 2.05) is 12.1 Å². The molecule has 178 valence electrons. The fourth-order valence-corrected chi connectivity index (χ4v) is 8.65. The smallest absolute Gasteiger partial charge is 0.210 e. The molecule has 1 heterocycles. The average molecular weight is 454 g/mol. The summed E-state index contributed by atoms with van der Waals surface area (Å²) in [6.45, 7) is 1.00.